The minimum Gasteiger partial charge on any atom is -0.487 e. The van der Waals surface area contributed by atoms with Gasteiger partial charge in [-0.2, -0.15) is 4.98 Å². The molecule has 124 valence electrons. The molecular formula is C14H18ClN5O3. The Morgan fingerprint density at radius 3 is 2.65 bits per heavy atom. The summed E-state index contributed by atoms with van der Waals surface area (Å²) in [6, 6.07) is 0.510. The predicted molar refractivity (Wildman–Crippen MR) is 82.6 cm³/mol. The normalized spacial score (nSPS) is 17.3. The van der Waals surface area contributed by atoms with E-state index in [1.807, 2.05) is 11.8 Å². The Kier molecular flexibility index (Phi) is 4.63. The third-order valence-corrected chi connectivity index (χ3v) is 4.04. The minimum atomic E-state index is -0.899. The van der Waals surface area contributed by atoms with Gasteiger partial charge < -0.3 is 19.3 Å². The van der Waals surface area contributed by atoms with Crippen molar-refractivity contribution in [2.45, 2.75) is 31.8 Å². The van der Waals surface area contributed by atoms with Crippen molar-refractivity contribution in [2.24, 2.45) is 0 Å². The number of ether oxygens (including phenoxy) is 1. The number of hydrogen-bond acceptors (Lipinski definition) is 8. The van der Waals surface area contributed by atoms with Gasteiger partial charge in [-0.15, -0.1) is 0 Å². The van der Waals surface area contributed by atoms with Gasteiger partial charge in [-0.3, -0.25) is 0 Å². The maximum Gasteiger partial charge on any atom is 0.324 e. The summed E-state index contributed by atoms with van der Waals surface area (Å²) in [7, 11) is 0. The second-order valence-corrected chi connectivity index (χ2v) is 5.87. The summed E-state index contributed by atoms with van der Waals surface area (Å²) >= 11 is 5.62. The number of aliphatic hydroxyl groups is 1. The van der Waals surface area contributed by atoms with E-state index in [0.717, 1.165) is 6.42 Å². The SMILES string of the molecule is CCc1noc(N2CCC(O)(COc3cnc(Cl)nc3)CC2)n1. The van der Waals surface area contributed by atoms with Crippen LogP contribution in [0.1, 0.15) is 25.6 Å². The van der Waals surface area contributed by atoms with Gasteiger partial charge in [-0.1, -0.05) is 12.1 Å². The lowest BCUT2D eigenvalue weighted by Gasteiger charge is -2.36. The first-order valence-corrected chi connectivity index (χ1v) is 7.86. The lowest BCUT2D eigenvalue weighted by molar-refractivity contribution is -0.0249. The molecule has 0 saturated carbocycles. The first kappa shape index (κ1) is 15.9. The first-order chi connectivity index (χ1) is 11.1. The fraction of sp³-hybridized carbons (Fsp3) is 0.571. The number of hydrogen-bond donors (Lipinski definition) is 1. The van der Waals surface area contributed by atoms with Crippen LogP contribution >= 0.6 is 11.6 Å². The molecule has 8 nitrogen and oxygen atoms in total. The highest BCUT2D eigenvalue weighted by atomic mass is 35.5. The number of halogens is 1. The smallest absolute Gasteiger partial charge is 0.324 e. The molecule has 2 aromatic heterocycles. The Bertz CT molecular complexity index is 640. The molecule has 1 aliphatic rings. The average molecular weight is 340 g/mol. The Morgan fingerprint density at radius 2 is 2.04 bits per heavy atom. The van der Waals surface area contributed by atoms with Crippen LogP contribution in [0.2, 0.25) is 5.28 Å². The summed E-state index contributed by atoms with van der Waals surface area (Å²) in [6.07, 6.45) is 4.80. The molecule has 0 radical (unpaired) electrons. The molecule has 3 heterocycles. The molecule has 0 aliphatic carbocycles. The van der Waals surface area contributed by atoms with Gasteiger partial charge >= 0.3 is 6.01 Å². The predicted octanol–water partition coefficient (Wildman–Crippen LogP) is 1.49. The largest absolute Gasteiger partial charge is 0.487 e. The highest BCUT2D eigenvalue weighted by Gasteiger charge is 2.34. The van der Waals surface area contributed by atoms with Crippen LogP contribution < -0.4 is 9.64 Å². The summed E-state index contributed by atoms with van der Waals surface area (Å²) in [5.41, 5.74) is -0.899. The van der Waals surface area contributed by atoms with E-state index in [0.29, 0.717) is 43.5 Å². The van der Waals surface area contributed by atoms with Crippen LogP contribution in [0.25, 0.3) is 0 Å². The van der Waals surface area contributed by atoms with Crippen molar-refractivity contribution < 1.29 is 14.4 Å². The van der Waals surface area contributed by atoms with Gasteiger partial charge in [0.2, 0.25) is 5.28 Å². The van der Waals surface area contributed by atoms with Crippen LogP contribution in [0.4, 0.5) is 6.01 Å². The van der Waals surface area contributed by atoms with Crippen LogP contribution in [0.5, 0.6) is 5.75 Å². The van der Waals surface area contributed by atoms with E-state index in [2.05, 4.69) is 20.1 Å². The van der Waals surface area contributed by atoms with Crippen molar-refractivity contribution in [1.82, 2.24) is 20.1 Å². The third-order valence-electron chi connectivity index (χ3n) is 3.84. The van der Waals surface area contributed by atoms with Crippen LogP contribution in [0, 0.1) is 0 Å². The van der Waals surface area contributed by atoms with Crippen molar-refractivity contribution in [1.29, 1.82) is 0 Å². The Hall–Kier alpha value is -1.93. The molecule has 1 N–H and O–H groups in total. The van der Waals surface area contributed by atoms with Gasteiger partial charge in [0.15, 0.2) is 11.6 Å². The molecule has 9 heteroatoms. The molecule has 0 unspecified atom stereocenters. The van der Waals surface area contributed by atoms with Gasteiger partial charge in [0.05, 0.1) is 12.4 Å². The van der Waals surface area contributed by atoms with Crippen molar-refractivity contribution in [2.75, 3.05) is 24.6 Å². The summed E-state index contributed by atoms with van der Waals surface area (Å²) in [6.45, 7) is 3.40. The topological polar surface area (TPSA) is 97.4 Å². The molecule has 2 aromatic rings. The molecule has 1 fully saturated rings. The van der Waals surface area contributed by atoms with E-state index in [9.17, 15) is 5.11 Å². The van der Waals surface area contributed by atoms with Crippen molar-refractivity contribution in [3.8, 4) is 5.75 Å². The van der Waals surface area contributed by atoms with Gasteiger partial charge in [-0.25, -0.2) is 9.97 Å². The maximum absolute atomic E-state index is 10.6. The molecule has 3 rings (SSSR count). The van der Waals surface area contributed by atoms with Gasteiger partial charge in [-0.05, 0) is 24.4 Å². The molecule has 0 spiro atoms. The zero-order chi connectivity index (χ0) is 16.3. The zero-order valence-corrected chi connectivity index (χ0v) is 13.5. The second-order valence-electron chi connectivity index (χ2n) is 5.53. The molecule has 23 heavy (non-hydrogen) atoms. The van der Waals surface area contributed by atoms with E-state index < -0.39 is 5.60 Å². The number of nitrogens with zero attached hydrogens (tertiary/aromatic N) is 5. The summed E-state index contributed by atoms with van der Waals surface area (Å²) in [4.78, 5) is 14.0. The summed E-state index contributed by atoms with van der Waals surface area (Å²) in [5, 5.41) is 14.7. The lowest BCUT2D eigenvalue weighted by atomic mass is 9.92. The summed E-state index contributed by atoms with van der Waals surface area (Å²) < 4.78 is 10.8. The highest BCUT2D eigenvalue weighted by Crippen LogP contribution is 2.26. The number of piperidine rings is 1. The minimum absolute atomic E-state index is 0.162. The van der Waals surface area contributed by atoms with E-state index in [-0.39, 0.29) is 11.9 Å². The fourth-order valence-electron chi connectivity index (χ4n) is 2.37. The first-order valence-electron chi connectivity index (χ1n) is 7.48. The van der Waals surface area contributed by atoms with Crippen molar-refractivity contribution in [3.63, 3.8) is 0 Å². The highest BCUT2D eigenvalue weighted by molar-refractivity contribution is 6.28. The Morgan fingerprint density at radius 1 is 1.35 bits per heavy atom. The van der Waals surface area contributed by atoms with Gasteiger partial charge in [0.25, 0.3) is 0 Å². The lowest BCUT2D eigenvalue weighted by Crippen LogP contribution is -2.48. The van der Waals surface area contributed by atoms with Crippen LogP contribution in [0.15, 0.2) is 16.9 Å². The van der Waals surface area contributed by atoms with E-state index in [1.54, 1.807) is 0 Å². The van der Waals surface area contributed by atoms with Gasteiger partial charge in [0.1, 0.15) is 12.2 Å². The second kappa shape index (κ2) is 6.67. The average Bonchev–Trinajstić information content (AvgIpc) is 3.04. The molecule has 1 aliphatic heterocycles. The maximum atomic E-state index is 10.6. The monoisotopic (exact) mass is 339 g/mol. The fourth-order valence-corrected chi connectivity index (χ4v) is 2.47. The van der Waals surface area contributed by atoms with E-state index in [1.165, 1.54) is 12.4 Å². The molecule has 0 amide bonds. The summed E-state index contributed by atoms with van der Waals surface area (Å²) in [5.74, 6) is 1.17. The zero-order valence-electron chi connectivity index (χ0n) is 12.8. The van der Waals surface area contributed by atoms with Crippen LogP contribution in [-0.4, -0.2) is 50.5 Å². The molecular weight excluding hydrogens is 322 g/mol. The number of anilines is 1. The standard InChI is InChI=1S/C14H18ClN5O3/c1-2-11-18-13(23-19-11)20-5-3-14(21,4-6-20)9-22-10-7-16-12(15)17-8-10/h7-8,21H,2-6,9H2,1H3. The van der Waals surface area contributed by atoms with E-state index in [4.69, 9.17) is 20.9 Å². The molecule has 0 bridgehead atoms. The van der Waals surface area contributed by atoms with Gasteiger partial charge in [0, 0.05) is 19.5 Å². The Labute approximate surface area is 138 Å². The van der Waals surface area contributed by atoms with Crippen LogP contribution in [-0.2, 0) is 6.42 Å². The molecule has 1 saturated heterocycles. The third kappa shape index (κ3) is 3.89. The van der Waals surface area contributed by atoms with Crippen molar-refractivity contribution in [3.05, 3.63) is 23.5 Å². The van der Waals surface area contributed by atoms with Crippen LogP contribution in [0.3, 0.4) is 0 Å². The molecule has 0 aromatic carbocycles. The van der Waals surface area contributed by atoms with E-state index >= 15 is 0 Å². The number of rotatable bonds is 5. The quantitative estimate of drug-likeness (QED) is 0.818. The number of aryl methyl sites for hydroxylation is 1. The molecule has 0 atom stereocenters. The van der Waals surface area contributed by atoms with Crippen molar-refractivity contribution >= 4 is 17.6 Å². The number of aromatic nitrogens is 4. The Balaban J connectivity index is 1.53.